The van der Waals surface area contributed by atoms with Crippen LogP contribution in [0.2, 0.25) is 0 Å². The topological polar surface area (TPSA) is 36.9 Å². The molecule has 0 heterocycles. The molecule has 5 aromatic carbocycles. The molecule has 0 aliphatic carbocycles. The van der Waals surface area contributed by atoms with Crippen LogP contribution >= 0.6 is 15.8 Å². The quantitative estimate of drug-likeness (QED) is 0.142. The number of ether oxygens (including phenoxy) is 4. The van der Waals surface area contributed by atoms with Crippen LogP contribution in [0.4, 0.5) is 0 Å². The molecule has 0 spiro atoms. The van der Waals surface area contributed by atoms with Gasteiger partial charge in [-0.1, -0.05) is 24.3 Å². The minimum Gasteiger partial charge on any atom is -0.496 e. The van der Waals surface area contributed by atoms with E-state index in [1.54, 1.807) is 28.4 Å². The fraction of sp³-hybridized carbons (Fsp3) is 0.286. The first-order valence-corrected chi connectivity index (χ1v) is 18.9. The van der Waals surface area contributed by atoms with E-state index in [0.29, 0.717) is 0 Å². The maximum Gasteiger partial charge on any atom is 0.124 e. The van der Waals surface area contributed by atoms with Crippen molar-refractivity contribution in [2.45, 2.75) is 55.4 Å². The summed E-state index contributed by atoms with van der Waals surface area (Å²) in [6.45, 7) is 17.2. The third kappa shape index (κ3) is 6.71. The third-order valence-electron chi connectivity index (χ3n) is 8.99. The number of methoxy groups -OCH3 is 4. The van der Waals surface area contributed by atoms with Gasteiger partial charge in [0.25, 0.3) is 0 Å². The molecule has 5 aromatic rings. The fourth-order valence-corrected chi connectivity index (χ4v) is 13.2. The average molecular weight is 679 g/mol. The van der Waals surface area contributed by atoms with Gasteiger partial charge >= 0.3 is 0 Å². The third-order valence-corrected chi connectivity index (χ3v) is 14.0. The van der Waals surface area contributed by atoms with Crippen molar-refractivity contribution >= 4 is 47.7 Å². The molecule has 0 aliphatic heterocycles. The van der Waals surface area contributed by atoms with Gasteiger partial charge in [-0.3, -0.25) is 0 Å². The highest BCUT2D eigenvalue weighted by Gasteiger charge is 2.29. The molecule has 0 N–H and O–H groups in total. The van der Waals surface area contributed by atoms with Crippen LogP contribution in [-0.4, -0.2) is 28.4 Å². The zero-order chi connectivity index (χ0) is 34.9. The van der Waals surface area contributed by atoms with Crippen LogP contribution in [0.1, 0.15) is 44.5 Å². The Morgan fingerprint density at radius 1 is 0.333 bits per heavy atom. The molecule has 0 unspecified atom stereocenters. The zero-order valence-electron chi connectivity index (χ0n) is 30.5. The second-order valence-electron chi connectivity index (χ2n) is 12.6. The maximum atomic E-state index is 5.82. The molecule has 0 aliphatic rings. The Labute approximate surface area is 289 Å². The molecule has 250 valence electrons. The summed E-state index contributed by atoms with van der Waals surface area (Å²) in [5.41, 5.74) is 9.14. The second kappa shape index (κ2) is 14.7. The van der Waals surface area contributed by atoms with Gasteiger partial charge in [0.2, 0.25) is 0 Å². The van der Waals surface area contributed by atoms with Gasteiger partial charge in [-0.2, -0.15) is 0 Å². The van der Waals surface area contributed by atoms with Crippen molar-refractivity contribution in [3.63, 3.8) is 0 Å². The Kier molecular flexibility index (Phi) is 10.9. The average Bonchev–Trinajstić information content (AvgIpc) is 3.02. The minimum absolute atomic E-state index is 0.944. The molecule has 6 heteroatoms. The Bertz CT molecular complexity index is 1630. The normalized spacial score (nSPS) is 11.3. The molecule has 0 saturated heterocycles. The van der Waals surface area contributed by atoms with Crippen LogP contribution in [0, 0.1) is 55.4 Å². The van der Waals surface area contributed by atoms with Gasteiger partial charge < -0.3 is 18.9 Å². The molecule has 5 rings (SSSR count). The summed E-state index contributed by atoms with van der Waals surface area (Å²) >= 11 is 0. The van der Waals surface area contributed by atoms with E-state index in [2.05, 4.69) is 128 Å². The zero-order valence-corrected chi connectivity index (χ0v) is 32.2. The molecule has 0 bridgehead atoms. The van der Waals surface area contributed by atoms with Crippen molar-refractivity contribution in [2.75, 3.05) is 28.4 Å². The lowest BCUT2D eigenvalue weighted by Gasteiger charge is -2.29. The first-order chi connectivity index (χ1) is 22.9. The fourth-order valence-electron chi connectivity index (χ4n) is 7.21. The van der Waals surface area contributed by atoms with Crippen molar-refractivity contribution in [1.82, 2.24) is 0 Å². The monoisotopic (exact) mass is 678 g/mol. The summed E-state index contributed by atoms with van der Waals surface area (Å²) in [5, 5.41) is 7.91. The summed E-state index contributed by atoms with van der Waals surface area (Å²) in [6, 6.07) is 27.7. The van der Waals surface area contributed by atoms with Crippen LogP contribution < -0.4 is 50.8 Å². The highest BCUT2D eigenvalue weighted by molar-refractivity contribution is 7.85. The standard InChI is InChI=1S/C42H48O4P2/c1-25-17-33(18-26(2)39(25)43-9)47(34-19-27(3)40(44-10)28(4)20-34)37-15-13-14-16-38(37)48(35-21-29(5)41(45-11)30(6)22-35)36-23-31(7)42(46-12)32(8)24-36/h13-24H,1-12H3. The first-order valence-electron chi connectivity index (χ1n) is 16.2. The Morgan fingerprint density at radius 2 is 0.521 bits per heavy atom. The molecule has 0 aromatic heterocycles. The van der Waals surface area contributed by atoms with Crippen molar-refractivity contribution in [3.05, 3.63) is 117 Å². The smallest absolute Gasteiger partial charge is 0.124 e. The summed E-state index contributed by atoms with van der Waals surface area (Å²) in [7, 11) is 5.09. The first kappa shape index (κ1) is 35.5. The van der Waals surface area contributed by atoms with Gasteiger partial charge in [-0.25, -0.2) is 0 Å². The molecule has 0 fully saturated rings. The predicted molar refractivity (Wildman–Crippen MR) is 208 cm³/mol. The van der Waals surface area contributed by atoms with Gasteiger partial charge in [0.05, 0.1) is 28.4 Å². The van der Waals surface area contributed by atoms with Gasteiger partial charge in [-0.15, -0.1) is 0 Å². The van der Waals surface area contributed by atoms with Gasteiger partial charge in [-0.05, 0) is 196 Å². The van der Waals surface area contributed by atoms with E-state index in [4.69, 9.17) is 18.9 Å². The number of benzene rings is 5. The summed E-state index contributed by atoms with van der Waals surface area (Å²) in [4.78, 5) is 0. The molecular formula is C42H48O4P2. The van der Waals surface area contributed by atoms with Crippen molar-refractivity contribution < 1.29 is 18.9 Å². The molecular weight excluding hydrogens is 630 g/mol. The molecule has 4 nitrogen and oxygen atoms in total. The highest BCUT2D eigenvalue weighted by atomic mass is 31.1. The molecule has 0 saturated carbocycles. The Morgan fingerprint density at radius 3 is 0.688 bits per heavy atom. The molecule has 0 radical (unpaired) electrons. The van der Waals surface area contributed by atoms with Crippen LogP contribution in [-0.2, 0) is 0 Å². The summed E-state index contributed by atoms with van der Waals surface area (Å²) < 4.78 is 23.3. The van der Waals surface area contributed by atoms with Crippen molar-refractivity contribution in [1.29, 1.82) is 0 Å². The Balaban J connectivity index is 1.88. The van der Waals surface area contributed by atoms with Crippen LogP contribution in [0.3, 0.4) is 0 Å². The lowest BCUT2D eigenvalue weighted by atomic mass is 10.1. The minimum atomic E-state index is -0.973. The predicted octanol–water partition coefficient (Wildman–Crippen LogP) is 7.70. The van der Waals surface area contributed by atoms with E-state index < -0.39 is 15.8 Å². The van der Waals surface area contributed by atoms with Crippen molar-refractivity contribution in [3.8, 4) is 23.0 Å². The number of hydrogen-bond acceptors (Lipinski definition) is 4. The van der Waals surface area contributed by atoms with Gasteiger partial charge in [0, 0.05) is 0 Å². The van der Waals surface area contributed by atoms with Crippen molar-refractivity contribution in [2.24, 2.45) is 0 Å². The number of aryl methyl sites for hydroxylation is 8. The van der Waals surface area contributed by atoms with Gasteiger partial charge in [0.1, 0.15) is 23.0 Å². The SMILES string of the molecule is COc1c(C)cc(P(c2cc(C)c(OC)c(C)c2)c2ccccc2P(c2cc(C)c(OC)c(C)c2)c2cc(C)c(OC)c(C)c2)cc1C. The van der Waals surface area contributed by atoms with Crippen LogP contribution in [0.15, 0.2) is 72.8 Å². The van der Waals surface area contributed by atoms with E-state index >= 15 is 0 Å². The molecule has 0 atom stereocenters. The van der Waals surface area contributed by atoms with E-state index in [0.717, 1.165) is 67.5 Å². The molecule has 48 heavy (non-hydrogen) atoms. The molecule has 0 amide bonds. The van der Waals surface area contributed by atoms with Gasteiger partial charge in [0.15, 0.2) is 0 Å². The van der Waals surface area contributed by atoms with E-state index in [1.165, 1.54) is 31.8 Å². The van der Waals surface area contributed by atoms with Crippen LogP contribution in [0.5, 0.6) is 23.0 Å². The maximum absolute atomic E-state index is 5.82. The highest BCUT2D eigenvalue weighted by Crippen LogP contribution is 2.43. The largest absolute Gasteiger partial charge is 0.496 e. The number of rotatable bonds is 10. The van der Waals surface area contributed by atoms with E-state index in [1.807, 2.05) is 0 Å². The van der Waals surface area contributed by atoms with Crippen LogP contribution in [0.25, 0.3) is 0 Å². The lowest BCUT2D eigenvalue weighted by Crippen LogP contribution is -2.35. The van der Waals surface area contributed by atoms with E-state index in [9.17, 15) is 0 Å². The van der Waals surface area contributed by atoms with E-state index in [-0.39, 0.29) is 0 Å². The lowest BCUT2D eigenvalue weighted by molar-refractivity contribution is 0.408. The summed E-state index contributed by atoms with van der Waals surface area (Å²) in [5.74, 6) is 3.78. The Hall–Kier alpha value is -3.84. The number of hydrogen-bond donors (Lipinski definition) is 0. The summed E-state index contributed by atoms with van der Waals surface area (Å²) in [6.07, 6.45) is 0. The second-order valence-corrected chi connectivity index (χ2v) is 17.0.